The van der Waals surface area contributed by atoms with Crippen LogP contribution in [0.5, 0.6) is 11.5 Å². The second-order valence-corrected chi connectivity index (χ2v) is 7.19. The first kappa shape index (κ1) is 20.0. The predicted octanol–water partition coefficient (Wildman–Crippen LogP) is 4.27. The van der Waals surface area contributed by atoms with E-state index in [4.69, 9.17) is 32.7 Å². The van der Waals surface area contributed by atoms with Gasteiger partial charge in [0.15, 0.2) is 11.6 Å². The molecule has 6 nitrogen and oxygen atoms in total. The molecular formula is C19H24Cl2N4O2. The van der Waals surface area contributed by atoms with Crippen LogP contribution < -0.4 is 14.8 Å². The summed E-state index contributed by atoms with van der Waals surface area (Å²) < 4.78 is 10.9. The molecule has 0 amide bonds. The van der Waals surface area contributed by atoms with Crippen LogP contribution in [0.15, 0.2) is 24.4 Å². The molecule has 1 N–H and O–H groups in total. The minimum absolute atomic E-state index is 0.212. The van der Waals surface area contributed by atoms with Gasteiger partial charge in [0.1, 0.15) is 5.75 Å². The van der Waals surface area contributed by atoms with E-state index >= 15 is 0 Å². The number of hydrogen-bond donors (Lipinski definition) is 1. The van der Waals surface area contributed by atoms with Crippen LogP contribution in [0.25, 0.3) is 0 Å². The molecule has 0 unspecified atom stereocenters. The van der Waals surface area contributed by atoms with Crippen molar-refractivity contribution in [2.45, 2.75) is 32.4 Å². The lowest BCUT2D eigenvalue weighted by Crippen LogP contribution is -2.38. The van der Waals surface area contributed by atoms with E-state index < -0.39 is 0 Å². The molecule has 1 saturated heterocycles. The Morgan fingerprint density at radius 3 is 2.70 bits per heavy atom. The molecule has 0 aliphatic carbocycles. The molecule has 1 aromatic heterocycles. The lowest BCUT2D eigenvalue weighted by Gasteiger charge is -2.32. The lowest BCUT2D eigenvalue weighted by atomic mass is 10.0. The van der Waals surface area contributed by atoms with Gasteiger partial charge < -0.3 is 14.8 Å². The summed E-state index contributed by atoms with van der Waals surface area (Å²) in [5.41, 5.74) is 1.21. The number of anilines is 1. The number of rotatable bonds is 7. The minimum Gasteiger partial charge on any atom is -0.492 e. The number of likely N-dealkylation sites (tertiary alicyclic amines) is 1. The summed E-state index contributed by atoms with van der Waals surface area (Å²) in [5, 5.41) is 4.30. The Balaban J connectivity index is 1.55. The molecule has 0 radical (unpaired) electrons. The first-order valence-corrected chi connectivity index (χ1v) is 9.81. The monoisotopic (exact) mass is 410 g/mol. The van der Waals surface area contributed by atoms with Crippen LogP contribution in [0.4, 0.5) is 5.82 Å². The third-order valence-corrected chi connectivity index (χ3v) is 5.07. The maximum atomic E-state index is 6.17. The van der Waals surface area contributed by atoms with Crippen LogP contribution in [0.3, 0.4) is 0 Å². The smallest absolute Gasteiger partial charge is 0.224 e. The van der Waals surface area contributed by atoms with Crippen molar-refractivity contribution in [3.8, 4) is 11.5 Å². The van der Waals surface area contributed by atoms with Crippen molar-refractivity contribution in [1.29, 1.82) is 0 Å². The van der Waals surface area contributed by atoms with Crippen LogP contribution in [0, 0.1) is 0 Å². The molecule has 8 heteroatoms. The maximum Gasteiger partial charge on any atom is 0.224 e. The van der Waals surface area contributed by atoms with Gasteiger partial charge in [-0.3, -0.25) is 4.90 Å². The Kier molecular flexibility index (Phi) is 6.99. The van der Waals surface area contributed by atoms with E-state index in [1.165, 1.54) is 5.56 Å². The standard InChI is InChI=1S/C19H24Cl2N4O2/c1-3-27-16-10-13(4-5-15(16)20)12-25-8-6-14(7-9-25)23-18-17(26-2)11-22-19(21)24-18/h4-5,10-11,14H,3,6-9,12H2,1-2H3,(H,22,23,24). The topological polar surface area (TPSA) is 59.5 Å². The highest BCUT2D eigenvalue weighted by atomic mass is 35.5. The van der Waals surface area contributed by atoms with Gasteiger partial charge in [0, 0.05) is 25.7 Å². The van der Waals surface area contributed by atoms with E-state index in [2.05, 4.69) is 26.3 Å². The molecule has 0 bridgehead atoms. The first-order valence-electron chi connectivity index (χ1n) is 9.05. The summed E-state index contributed by atoms with van der Waals surface area (Å²) >= 11 is 12.1. The predicted molar refractivity (Wildman–Crippen MR) is 108 cm³/mol. The molecule has 27 heavy (non-hydrogen) atoms. The summed E-state index contributed by atoms with van der Waals surface area (Å²) in [5.74, 6) is 2.00. The fourth-order valence-electron chi connectivity index (χ4n) is 3.20. The molecule has 3 rings (SSSR count). The van der Waals surface area contributed by atoms with Gasteiger partial charge in [0.25, 0.3) is 0 Å². The lowest BCUT2D eigenvalue weighted by molar-refractivity contribution is 0.210. The van der Waals surface area contributed by atoms with Crippen molar-refractivity contribution in [1.82, 2.24) is 14.9 Å². The zero-order valence-electron chi connectivity index (χ0n) is 15.5. The van der Waals surface area contributed by atoms with Crippen molar-refractivity contribution in [2.24, 2.45) is 0 Å². The number of benzene rings is 1. The van der Waals surface area contributed by atoms with Gasteiger partial charge in [0.05, 0.1) is 24.9 Å². The fourth-order valence-corrected chi connectivity index (χ4v) is 3.51. The fraction of sp³-hybridized carbons (Fsp3) is 0.474. The van der Waals surface area contributed by atoms with E-state index in [1.807, 2.05) is 19.1 Å². The number of aromatic nitrogens is 2. The Morgan fingerprint density at radius 2 is 2.00 bits per heavy atom. The normalized spacial score (nSPS) is 15.6. The van der Waals surface area contributed by atoms with Gasteiger partial charge in [-0.25, -0.2) is 4.98 Å². The Morgan fingerprint density at radius 1 is 1.22 bits per heavy atom. The van der Waals surface area contributed by atoms with Gasteiger partial charge in [-0.15, -0.1) is 0 Å². The molecular weight excluding hydrogens is 387 g/mol. The number of hydrogen-bond acceptors (Lipinski definition) is 6. The summed E-state index contributed by atoms with van der Waals surface area (Å²) in [6.07, 6.45) is 3.61. The van der Waals surface area contributed by atoms with Crippen molar-refractivity contribution < 1.29 is 9.47 Å². The molecule has 2 heterocycles. The highest BCUT2D eigenvalue weighted by Gasteiger charge is 2.21. The molecule has 1 fully saturated rings. The van der Waals surface area contributed by atoms with Crippen molar-refractivity contribution in [2.75, 3.05) is 32.1 Å². The third-order valence-electron chi connectivity index (χ3n) is 4.58. The number of piperidine rings is 1. The molecule has 146 valence electrons. The molecule has 1 aliphatic heterocycles. The number of nitrogens with one attached hydrogen (secondary N) is 1. The van der Waals surface area contributed by atoms with Crippen LogP contribution in [-0.2, 0) is 6.54 Å². The third kappa shape index (κ3) is 5.37. The van der Waals surface area contributed by atoms with Crippen LogP contribution in [-0.4, -0.2) is 47.7 Å². The van der Waals surface area contributed by atoms with E-state index in [9.17, 15) is 0 Å². The van der Waals surface area contributed by atoms with E-state index in [-0.39, 0.29) is 5.28 Å². The Bertz CT molecular complexity index is 767. The van der Waals surface area contributed by atoms with E-state index in [0.29, 0.717) is 29.2 Å². The molecule has 1 aromatic carbocycles. The second kappa shape index (κ2) is 9.44. The van der Waals surface area contributed by atoms with Crippen molar-refractivity contribution in [3.63, 3.8) is 0 Å². The largest absolute Gasteiger partial charge is 0.492 e. The highest BCUT2D eigenvalue weighted by molar-refractivity contribution is 6.32. The number of ether oxygens (including phenoxy) is 2. The number of nitrogens with zero attached hydrogens (tertiary/aromatic N) is 3. The van der Waals surface area contributed by atoms with Gasteiger partial charge in [0.2, 0.25) is 5.28 Å². The average Bonchev–Trinajstić information content (AvgIpc) is 2.66. The zero-order valence-corrected chi connectivity index (χ0v) is 17.1. The maximum absolute atomic E-state index is 6.17. The van der Waals surface area contributed by atoms with Crippen LogP contribution in [0.2, 0.25) is 10.3 Å². The summed E-state index contributed by atoms with van der Waals surface area (Å²) in [6, 6.07) is 6.32. The summed E-state index contributed by atoms with van der Waals surface area (Å²) in [7, 11) is 1.60. The molecule has 0 saturated carbocycles. The first-order chi connectivity index (χ1) is 13.1. The quantitative estimate of drug-likeness (QED) is 0.687. The highest BCUT2D eigenvalue weighted by Crippen LogP contribution is 2.28. The Labute approximate surface area is 169 Å². The zero-order chi connectivity index (χ0) is 19.2. The van der Waals surface area contributed by atoms with Crippen molar-refractivity contribution >= 4 is 29.0 Å². The minimum atomic E-state index is 0.212. The van der Waals surface area contributed by atoms with Gasteiger partial charge in [-0.2, -0.15) is 4.98 Å². The molecule has 0 atom stereocenters. The summed E-state index contributed by atoms with van der Waals surface area (Å²) in [4.78, 5) is 10.6. The van der Waals surface area contributed by atoms with Crippen LogP contribution in [0.1, 0.15) is 25.3 Å². The molecule has 1 aliphatic rings. The van der Waals surface area contributed by atoms with Gasteiger partial charge >= 0.3 is 0 Å². The molecule has 2 aromatic rings. The SMILES string of the molecule is CCOc1cc(CN2CCC(Nc3nc(Cl)ncc3OC)CC2)ccc1Cl. The van der Waals surface area contributed by atoms with E-state index in [1.54, 1.807) is 13.3 Å². The summed E-state index contributed by atoms with van der Waals surface area (Å²) in [6.45, 7) is 5.43. The van der Waals surface area contributed by atoms with E-state index in [0.717, 1.165) is 38.2 Å². The molecule has 0 spiro atoms. The average molecular weight is 411 g/mol. The second-order valence-electron chi connectivity index (χ2n) is 6.45. The van der Waals surface area contributed by atoms with Gasteiger partial charge in [-0.05, 0) is 49.1 Å². The number of methoxy groups -OCH3 is 1. The van der Waals surface area contributed by atoms with Crippen LogP contribution >= 0.6 is 23.2 Å². The van der Waals surface area contributed by atoms with Crippen molar-refractivity contribution in [3.05, 3.63) is 40.3 Å². The Hall–Kier alpha value is -1.76. The number of halogens is 2. The van der Waals surface area contributed by atoms with Gasteiger partial charge in [-0.1, -0.05) is 17.7 Å².